The molecule has 2 N–H and O–H groups in total. The lowest BCUT2D eigenvalue weighted by Crippen LogP contribution is -2.62. The molecule has 1 aromatic carbocycles. The maximum absolute atomic E-state index is 12.7. The summed E-state index contributed by atoms with van der Waals surface area (Å²) in [4.78, 5) is 27.4. The Morgan fingerprint density at radius 1 is 1.18 bits per heavy atom. The largest absolute Gasteiger partial charge is 0.347 e. The lowest BCUT2D eigenvalue weighted by Gasteiger charge is -2.49. The van der Waals surface area contributed by atoms with E-state index in [-0.39, 0.29) is 17.9 Å². The van der Waals surface area contributed by atoms with Gasteiger partial charge in [-0.25, -0.2) is 0 Å². The van der Waals surface area contributed by atoms with Crippen LogP contribution in [0.4, 0.5) is 5.69 Å². The monoisotopic (exact) mass is 415 g/mol. The van der Waals surface area contributed by atoms with Crippen molar-refractivity contribution in [2.45, 2.75) is 47.9 Å². The number of hydrogen-bond acceptors (Lipinski definition) is 5. The van der Waals surface area contributed by atoms with E-state index in [4.69, 9.17) is 0 Å². The van der Waals surface area contributed by atoms with Crippen LogP contribution in [0.5, 0.6) is 0 Å². The fourth-order valence-corrected chi connectivity index (χ4v) is 6.09. The van der Waals surface area contributed by atoms with Gasteiger partial charge in [0.15, 0.2) is 0 Å². The van der Waals surface area contributed by atoms with E-state index in [1.54, 1.807) is 23.1 Å². The van der Waals surface area contributed by atoms with Crippen molar-refractivity contribution in [3.63, 3.8) is 0 Å². The van der Waals surface area contributed by atoms with Crippen molar-refractivity contribution in [2.75, 3.05) is 18.4 Å². The van der Waals surface area contributed by atoms with E-state index in [2.05, 4.69) is 22.5 Å². The van der Waals surface area contributed by atoms with Gasteiger partial charge in [0.2, 0.25) is 5.91 Å². The molecule has 0 unspecified atom stereocenters. The van der Waals surface area contributed by atoms with Crippen LogP contribution in [0.1, 0.15) is 37.0 Å². The van der Waals surface area contributed by atoms with Crippen LogP contribution in [0, 0.1) is 5.92 Å². The zero-order chi connectivity index (χ0) is 19.7. The van der Waals surface area contributed by atoms with E-state index in [1.807, 2.05) is 35.7 Å². The number of anilines is 1. The molecule has 7 heteroatoms. The van der Waals surface area contributed by atoms with Crippen molar-refractivity contribution in [3.8, 4) is 0 Å². The van der Waals surface area contributed by atoms with Crippen LogP contribution in [-0.2, 0) is 4.79 Å². The average Bonchev–Trinajstić information content (AvgIpc) is 3.11. The molecule has 0 aliphatic carbocycles. The van der Waals surface area contributed by atoms with Gasteiger partial charge in [-0.3, -0.25) is 14.5 Å². The lowest BCUT2D eigenvalue weighted by molar-refractivity contribution is -0.114. The first-order chi connectivity index (χ1) is 13.5. The number of nitrogens with one attached hydrogen (secondary N) is 2. The molecule has 5 nitrogen and oxygen atoms in total. The van der Waals surface area contributed by atoms with Crippen LogP contribution >= 0.6 is 23.1 Å². The maximum Gasteiger partial charge on any atom is 0.251 e. The molecule has 2 atom stereocenters. The highest BCUT2D eigenvalue weighted by Gasteiger charge is 2.40. The van der Waals surface area contributed by atoms with Gasteiger partial charge >= 0.3 is 0 Å². The van der Waals surface area contributed by atoms with E-state index in [9.17, 15) is 9.59 Å². The second-order valence-corrected chi connectivity index (χ2v) is 9.86. The van der Waals surface area contributed by atoms with E-state index in [0.717, 1.165) is 27.9 Å². The van der Waals surface area contributed by atoms with Gasteiger partial charge in [0, 0.05) is 34.8 Å². The number of fused-ring (bicyclic) bond motifs is 3. The zero-order valence-electron chi connectivity index (χ0n) is 16.1. The summed E-state index contributed by atoms with van der Waals surface area (Å²) < 4.78 is 1.10. The van der Waals surface area contributed by atoms with Crippen LogP contribution in [0.15, 0.2) is 44.8 Å². The Kier molecular flexibility index (Phi) is 5.75. The van der Waals surface area contributed by atoms with E-state index < -0.39 is 0 Å². The number of carbonyl (C=O) groups is 2. The number of nitrogens with zero attached hydrogens (tertiary/aromatic N) is 1. The number of hydrogen-bond donors (Lipinski definition) is 2. The Labute approximate surface area is 173 Å². The van der Waals surface area contributed by atoms with Gasteiger partial charge < -0.3 is 10.6 Å². The number of piperidine rings is 3. The van der Waals surface area contributed by atoms with Gasteiger partial charge in [-0.15, -0.1) is 11.3 Å². The summed E-state index contributed by atoms with van der Waals surface area (Å²) >= 11 is 3.22. The third-order valence-corrected chi connectivity index (χ3v) is 7.79. The molecule has 3 saturated heterocycles. The fraction of sp³-hybridized carbons (Fsp3) is 0.429. The highest BCUT2D eigenvalue weighted by Crippen LogP contribution is 2.35. The predicted octanol–water partition coefficient (Wildman–Crippen LogP) is 4.07. The molecule has 2 bridgehead atoms. The highest BCUT2D eigenvalue weighted by molar-refractivity contribution is 8.01. The molecule has 3 aliphatic rings. The second kappa shape index (κ2) is 8.27. The average molecular weight is 416 g/mol. The van der Waals surface area contributed by atoms with Gasteiger partial charge in [-0.2, -0.15) is 0 Å². The summed E-state index contributed by atoms with van der Waals surface area (Å²) in [5.41, 5.74) is 1.53. The highest BCUT2D eigenvalue weighted by atomic mass is 32.2. The van der Waals surface area contributed by atoms with Crippen LogP contribution in [0.25, 0.3) is 0 Å². The van der Waals surface area contributed by atoms with Crippen molar-refractivity contribution in [2.24, 2.45) is 5.92 Å². The molecule has 4 heterocycles. The topological polar surface area (TPSA) is 61.4 Å². The van der Waals surface area contributed by atoms with Gasteiger partial charge in [-0.05, 0) is 69.1 Å². The Balaban J connectivity index is 1.37. The minimum absolute atomic E-state index is 0.0196. The van der Waals surface area contributed by atoms with E-state index in [0.29, 0.717) is 17.5 Å². The van der Waals surface area contributed by atoms with Gasteiger partial charge in [0.25, 0.3) is 5.91 Å². The fourth-order valence-electron chi connectivity index (χ4n) is 4.21. The van der Waals surface area contributed by atoms with E-state index in [1.165, 1.54) is 19.8 Å². The Morgan fingerprint density at radius 3 is 2.54 bits per heavy atom. The Morgan fingerprint density at radius 2 is 1.89 bits per heavy atom. The third-order valence-electron chi connectivity index (χ3n) is 5.71. The van der Waals surface area contributed by atoms with Gasteiger partial charge in [0.1, 0.15) is 0 Å². The number of benzene rings is 1. The minimum atomic E-state index is -0.0676. The lowest BCUT2D eigenvalue weighted by atomic mass is 9.79. The van der Waals surface area contributed by atoms with Crippen molar-refractivity contribution in [1.29, 1.82) is 0 Å². The van der Waals surface area contributed by atoms with Gasteiger partial charge in [-0.1, -0.05) is 11.8 Å². The molecule has 148 valence electrons. The minimum Gasteiger partial charge on any atom is -0.347 e. The number of carbonyl (C=O) groups excluding carboxylic acids is 2. The van der Waals surface area contributed by atoms with Crippen molar-refractivity contribution in [1.82, 2.24) is 10.2 Å². The molecule has 3 fully saturated rings. The smallest absolute Gasteiger partial charge is 0.251 e. The van der Waals surface area contributed by atoms with E-state index >= 15 is 0 Å². The SMILES string of the molecule is CC(=O)Nc1csc(Sc2ccc(C(=O)N[C@@H]3C4CCN(CC4)[C@H]3C)cc2)c1. The molecule has 1 aromatic heterocycles. The molecule has 5 rings (SSSR count). The number of amides is 2. The molecule has 0 saturated carbocycles. The summed E-state index contributed by atoms with van der Waals surface area (Å²) in [5.74, 6) is 0.559. The van der Waals surface area contributed by atoms with Crippen molar-refractivity contribution in [3.05, 3.63) is 41.3 Å². The quantitative estimate of drug-likeness (QED) is 0.773. The predicted molar refractivity (Wildman–Crippen MR) is 114 cm³/mol. The van der Waals surface area contributed by atoms with Crippen molar-refractivity contribution < 1.29 is 9.59 Å². The molecule has 0 spiro atoms. The third kappa shape index (κ3) is 4.26. The first kappa shape index (κ1) is 19.5. The summed E-state index contributed by atoms with van der Waals surface area (Å²) in [6.45, 7) is 6.06. The Hall–Kier alpha value is -1.83. The number of thiophene rings is 1. The first-order valence-electron chi connectivity index (χ1n) is 9.68. The summed E-state index contributed by atoms with van der Waals surface area (Å²) in [6.07, 6.45) is 2.37. The molecule has 0 radical (unpaired) electrons. The molecule has 2 amide bonds. The standard InChI is InChI=1S/C21H25N3O2S2/c1-13-20(15-7-9-24(13)10-8-15)23-21(26)16-3-5-18(6-4-16)28-19-11-17(12-27-19)22-14(2)25/h3-6,11-13,15,20H,7-10H2,1-2H3,(H,22,25)(H,23,26)/t13-,20-/m0/s1. The number of rotatable bonds is 5. The van der Waals surface area contributed by atoms with Crippen LogP contribution in [0.2, 0.25) is 0 Å². The molecular formula is C21H25N3O2S2. The summed E-state index contributed by atoms with van der Waals surface area (Å²) in [5, 5.41) is 8.00. The molecule has 28 heavy (non-hydrogen) atoms. The van der Waals surface area contributed by atoms with Crippen LogP contribution in [-0.4, -0.2) is 41.9 Å². The normalized spacial score (nSPS) is 26.1. The summed E-state index contributed by atoms with van der Waals surface area (Å²) in [6, 6.07) is 10.4. The van der Waals surface area contributed by atoms with Gasteiger partial charge in [0.05, 0.1) is 9.90 Å². The maximum atomic E-state index is 12.7. The summed E-state index contributed by atoms with van der Waals surface area (Å²) in [7, 11) is 0. The Bertz CT molecular complexity index is 855. The molecule has 3 aliphatic heterocycles. The molecule has 2 aromatic rings. The first-order valence-corrected chi connectivity index (χ1v) is 11.4. The second-order valence-electron chi connectivity index (χ2n) is 7.58. The zero-order valence-corrected chi connectivity index (χ0v) is 17.7. The van der Waals surface area contributed by atoms with Crippen molar-refractivity contribution >= 4 is 40.6 Å². The van der Waals surface area contributed by atoms with Crippen LogP contribution < -0.4 is 10.6 Å². The molecular weight excluding hydrogens is 390 g/mol. The van der Waals surface area contributed by atoms with Crippen LogP contribution in [0.3, 0.4) is 0 Å².